The Bertz CT molecular complexity index is 316. The SMILES string of the molecule is NC1c2ccccc2CC1SCCO. The summed E-state index contributed by atoms with van der Waals surface area (Å²) in [6.45, 7) is 0.240. The molecule has 1 aromatic rings. The van der Waals surface area contributed by atoms with Crippen molar-refractivity contribution >= 4 is 11.8 Å². The summed E-state index contributed by atoms with van der Waals surface area (Å²) in [5, 5.41) is 9.21. The molecule has 1 aliphatic rings. The van der Waals surface area contributed by atoms with Crippen LogP contribution >= 0.6 is 11.8 Å². The van der Waals surface area contributed by atoms with Crippen LogP contribution in [0.2, 0.25) is 0 Å². The van der Waals surface area contributed by atoms with Crippen LogP contribution in [-0.4, -0.2) is 22.7 Å². The molecule has 2 rings (SSSR count). The Balaban J connectivity index is 2.09. The van der Waals surface area contributed by atoms with Crippen LogP contribution in [-0.2, 0) is 6.42 Å². The Morgan fingerprint density at radius 2 is 2.21 bits per heavy atom. The monoisotopic (exact) mass is 209 g/mol. The Morgan fingerprint density at radius 3 is 2.93 bits per heavy atom. The largest absolute Gasteiger partial charge is 0.396 e. The highest BCUT2D eigenvalue weighted by Crippen LogP contribution is 2.36. The van der Waals surface area contributed by atoms with Crippen molar-refractivity contribution in [3.63, 3.8) is 0 Å². The van der Waals surface area contributed by atoms with E-state index in [9.17, 15) is 0 Å². The summed E-state index contributed by atoms with van der Waals surface area (Å²) < 4.78 is 0. The van der Waals surface area contributed by atoms with E-state index in [0.717, 1.165) is 12.2 Å². The van der Waals surface area contributed by atoms with E-state index in [0.29, 0.717) is 5.25 Å². The molecular formula is C11H15NOS. The fraction of sp³-hybridized carbons (Fsp3) is 0.455. The van der Waals surface area contributed by atoms with Crippen molar-refractivity contribution < 1.29 is 5.11 Å². The number of benzene rings is 1. The van der Waals surface area contributed by atoms with E-state index in [1.807, 2.05) is 6.07 Å². The molecule has 0 aliphatic heterocycles. The van der Waals surface area contributed by atoms with Gasteiger partial charge in [-0.05, 0) is 17.5 Å². The van der Waals surface area contributed by atoms with Gasteiger partial charge in [0.05, 0.1) is 6.61 Å². The lowest BCUT2D eigenvalue weighted by Gasteiger charge is -2.14. The molecule has 2 nitrogen and oxygen atoms in total. The van der Waals surface area contributed by atoms with Gasteiger partial charge in [-0.1, -0.05) is 24.3 Å². The molecule has 1 aliphatic carbocycles. The molecule has 0 aromatic heterocycles. The summed E-state index contributed by atoms with van der Waals surface area (Å²) in [5.41, 5.74) is 8.78. The minimum atomic E-state index is 0.141. The summed E-state index contributed by atoms with van der Waals surface area (Å²) in [6.07, 6.45) is 1.04. The lowest BCUT2D eigenvalue weighted by atomic mass is 10.1. The normalized spacial score (nSPS) is 25.0. The van der Waals surface area contributed by atoms with Gasteiger partial charge < -0.3 is 10.8 Å². The van der Waals surface area contributed by atoms with Crippen LogP contribution in [0.15, 0.2) is 24.3 Å². The van der Waals surface area contributed by atoms with Crippen molar-refractivity contribution in [1.29, 1.82) is 0 Å². The number of thioether (sulfide) groups is 1. The second kappa shape index (κ2) is 4.34. The maximum atomic E-state index is 8.77. The minimum Gasteiger partial charge on any atom is -0.396 e. The van der Waals surface area contributed by atoms with Crippen LogP contribution < -0.4 is 5.73 Å². The van der Waals surface area contributed by atoms with Crippen molar-refractivity contribution in [3.05, 3.63) is 35.4 Å². The van der Waals surface area contributed by atoms with E-state index >= 15 is 0 Å². The molecule has 14 heavy (non-hydrogen) atoms. The summed E-state index contributed by atoms with van der Waals surface area (Å²) >= 11 is 1.77. The molecule has 3 heteroatoms. The molecule has 2 unspecified atom stereocenters. The van der Waals surface area contributed by atoms with E-state index < -0.39 is 0 Å². The predicted octanol–water partition coefficient (Wildman–Crippen LogP) is 1.34. The zero-order valence-electron chi connectivity index (χ0n) is 8.02. The molecule has 76 valence electrons. The number of hydrogen-bond donors (Lipinski definition) is 2. The molecule has 0 radical (unpaired) electrons. The zero-order valence-corrected chi connectivity index (χ0v) is 8.83. The van der Waals surface area contributed by atoms with Crippen LogP contribution in [0.3, 0.4) is 0 Å². The second-order valence-electron chi connectivity index (χ2n) is 3.56. The zero-order chi connectivity index (χ0) is 9.97. The van der Waals surface area contributed by atoms with Crippen LogP contribution in [0.5, 0.6) is 0 Å². The fourth-order valence-corrected chi connectivity index (χ4v) is 3.02. The van der Waals surface area contributed by atoms with Gasteiger partial charge in [0.2, 0.25) is 0 Å². The third-order valence-electron chi connectivity index (χ3n) is 2.66. The highest BCUT2D eigenvalue weighted by molar-refractivity contribution is 7.99. The van der Waals surface area contributed by atoms with Crippen LogP contribution in [0, 0.1) is 0 Å². The number of nitrogens with two attached hydrogens (primary N) is 1. The first-order valence-electron chi connectivity index (χ1n) is 4.89. The maximum absolute atomic E-state index is 8.77. The van der Waals surface area contributed by atoms with Gasteiger partial charge in [-0.15, -0.1) is 0 Å². The molecular weight excluding hydrogens is 194 g/mol. The third-order valence-corrected chi connectivity index (χ3v) is 3.97. The molecule has 2 atom stereocenters. The molecule has 0 heterocycles. The molecule has 0 fully saturated rings. The molecule has 0 bridgehead atoms. The van der Waals surface area contributed by atoms with Gasteiger partial charge >= 0.3 is 0 Å². The van der Waals surface area contributed by atoms with Gasteiger partial charge in [-0.3, -0.25) is 0 Å². The van der Waals surface area contributed by atoms with Crippen LogP contribution in [0.1, 0.15) is 17.2 Å². The topological polar surface area (TPSA) is 46.2 Å². The van der Waals surface area contributed by atoms with Crippen LogP contribution in [0.25, 0.3) is 0 Å². The Morgan fingerprint density at radius 1 is 1.43 bits per heavy atom. The standard InChI is InChI=1S/C11H15NOS/c12-11-9-4-2-1-3-8(9)7-10(11)14-6-5-13/h1-4,10-11,13H,5-7,12H2. The van der Waals surface area contributed by atoms with Gasteiger partial charge in [-0.25, -0.2) is 0 Å². The number of aliphatic hydroxyl groups excluding tert-OH is 1. The van der Waals surface area contributed by atoms with E-state index in [1.165, 1.54) is 11.1 Å². The smallest absolute Gasteiger partial charge is 0.0521 e. The summed E-state index contributed by atoms with van der Waals surface area (Å²) in [6, 6.07) is 8.50. The number of fused-ring (bicyclic) bond motifs is 1. The highest BCUT2D eigenvalue weighted by Gasteiger charge is 2.28. The number of rotatable bonds is 3. The quantitative estimate of drug-likeness (QED) is 0.789. The summed E-state index contributed by atoms with van der Waals surface area (Å²) in [5.74, 6) is 0.784. The third kappa shape index (κ3) is 1.80. The predicted molar refractivity (Wildman–Crippen MR) is 60.4 cm³/mol. The van der Waals surface area contributed by atoms with E-state index in [4.69, 9.17) is 10.8 Å². The first-order valence-corrected chi connectivity index (χ1v) is 5.93. The van der Waals surface area contributed by atoms with Gasteiger partial charge in [0.25, 0.3) is 0 Å². The molecule has 0 amide bonds. The van der Waals surface area contributed by atoms with Crippen molar-refractivity contribution in [1.82, 2.24) is 0 Å². The van der Waals surface area contributed by atoms with Crippen LogP contribution in [0.4, 0.5) is 0 Å². The minimum absolute atomic E-state index is 0.141. The van der Waals surface area contributed by atoms with E-state index in [-0.39, 0.29) is 12.6 Å². The fourth-order valence-electron chi connectivity index (χ4n) is 1.96. The number of aliphatic hydroxyl groups is 1. The van der Waals surface area contributed by atoms with Crippen molar-refractivity contribution in [2.75, 3.05) is 12.4 Å². The first-order chi connectivity index (χ1) is 6.83. The molecule has 0 saturated carbocycles. The first kappa shape index (κ1) is 10.0. The Labute approximate surface area is 88.5 Å². The van der Waals surface area contributed by atoms with Crippen molar-refractivity contribution in [3.8, 4) is 0 Å². The highest BCUT2D eigenvalue weighted by atomic mass is 32.2. The Kier molecular flexibility index (Phi) is 3.11. The molecule has 3 N–H and O–H groups in total. The average Bonchev–Trinajstić information content (AvgIpc) is 2.54. The van der Waals surface area contributed by atoms with Gasteiger partial charge in [0, 0.05) is 17.0 Å². The van der Waals surface area contributed by atoms with E-state index in [1.54, 1.807) is 11.8 Å². The van der Waals surface area contributed by atoms with Gasteiger partial charge in [0.15, 0.2) is 0 Å². The van der Waals surface area contributed by atoms with Gasteiger partial charge in [-0.2, -0.15) is 11.8 Å². The molecule has 1 aromatic carbocycles. The lowest BCUT2D eigenvalue weighted by Crippen LogP contribution is -2.19. The van der Waals surface area contributed by atoms with Crippen molar-refractivity contribution in [2.45, 2.75) is 17.7 Å². The second-order valence-corrected chi connectivity index (χ2v) is 4.91. The van der Waals surface area contributed by atoms with E-state index in [2.05, 4.69) is 18.2 Å². The van der Waals surface area contributed by atoms with Crippen molar-refractivity contribution in [2.24, 2.45) is 5.73 Å². The molecule has 0 saturated heterocycles. The number of hydrogen-bond acceptors (Lipinski definition) is 3. The lowest BCUT2D eigenvalue weighted by molar-refractivity contribution is 0.322. The summed E-state index contributed by atoms with van der Waals surface area (Å²) in [4.78, 5) is 0. The summed E-state index contributed by atoms with van der Waals surface area (Å²) in [7, 11) is 0. The molecule has 0 spiro atoms. The average molecular weight is 209 g/mol. The van der Waals surface area contributed by atoms with Gasteiger partial charge in [0.1, 0.15) is 0 Å². The maximum Gasteiger partial charge on any atom is 0.0521 e. The Hall–Kier alpha value is -0.510.